The Kier molecular flexibility index (Phi) is 4.12. The first-order chi connectivity index (χ1) is 8.81. The van der Waals surface area contributed by atoms with E-state index < -0.39 is 0 Å². The predicted octanol–water partition coefficient (Wildman–Crippen LogP) is 4.67. The summed E-state index contributed by atoms with van der Waals surface area (Å²) in [7, 11) is 0. The van der Waals surface area contributed by atoms with Crippen molar-refractivity contribution in [3.8, 4) is 0 Å². The molecule has 100 valence electrons. The molecule has 0 N–H and O–H groups in total. The van der Waals surface area contributed by atoms with Crippen LogP contribution in [0.15, 0.2) is 16.8 Å². The second-order valence-corrected chi connectivity index (χ2v) is 7.45. The molecule has 1 aromatic heterocycles. The molecule has 1 nitrogen and oxygen atoms in total. The fourth-order valence-corrected chi connectivity index (χ4v) is 4.66. The molecule has 0 spiro atoms. The summed E-state index contributed by atoms with van der Waals surface area (Å²) in [6.45, 7) is 2.47. The van der Waals surface area contributed by atoms with Crippen molar-refractivity contribution < 1.29 is 0 Å². The molecule has 0 aromatic carbocycles. The lowest BCUT2D eigenvalue weighted by Crippen LogP contribution is -2.38. The van der Waals surface area contributed by atoms with E-state index in [0.717, 1.165) is 6.04 Å². The molecule has 1 heterocycles. The van der Waals surface area contributed by atoms with Gasteiger partial charge in [0, 0.05) is 24.5 Å². The summed E-state index contributed by atoms with van der Waals surface area (Å²) in [5.41, 5.74) is 2.08. The molecule has 2 aliphatic rings. The first kappa shape index (κ1) is 13.1. The van der Waals surface area contributed by atoms with Crippen LogP contribution in [0.1, 0.15) is 44.1 Å². The first-order valence-electron chi connectivity index (χ1n) is 7.12. The number of thiophene rings is 1. The minimum absolute atomic E-state index is 0.568. The lowest BCUT2D eigenvalue weighted by Gasteiger charge is -2.34. The van der Waals surface area contributed by atoms with Gasteiger partial charge in [-0.25, -0.2) is 0 Å². The van der Waals surface area contributed by atoms with Gasteiger partial charge in [-0.05, 0) is 53.5 Å². The maximum atomic E-state index is 3.78. The highest BCUT2D eigenvalue weighted by Crippen LogP contribution is 2.42. The summed E-state index contributed by atoms with van der Waals surface area (Å²) in [4.78, 5) is 2.76. The summed E-state index contributed by atoms with van der Waals surface area (Å²) in [5.74, 6) is 0. The Labute approximate surface area is 123 Å². The van der Waals surface area contributed by atoms with Crippen molar-refractivity contribution in [3.63, 3.8) is 0 Å². The fraction of sp³-hybridized carbons (Fsp3) is 0.733. The molecule has 0 atom stereocenters. The minimum atomic E-state index is 0.568. The summed E-state index contributed by atoms with van der Waals surface area (Å²) in [6.07, 6.45) is 8.55. The third-order valence-electron chi connectivity index (χ3n) is 4.52. The normalized spacial score (nSPS) is 22.8. The SMILES string of the molecule is BrCC1(CN(Cc2ccsc2)C2CC2)CCCC1. The Bertz CT molecular complexity index is 366. The van der Waals surface area contributed by atoms with Gasteiger partial charge in [-0.3, -0.25) is 4.90 Å². The number of hydrogen-bond acceptors (Lipinski definition) is 2. The Morgan fingerprint density at radius 3 is 2.67 bits per heavy atom. The second-order valence-electron chi connectivity index (χ2n) is 6.11. The number of rotatable bonds is 6. The standard InChI is InChI=1S/C15H22BrNS/c16-11-15(6-1-2-7-15)12-17(14-3-4-14)9-13-5-8-18-10-13/h5,8,10,14H,1-4,6-7,9,11-12H2. The van der Waals surface area contributed by atoms with Crippen LogP contribution >= 0.6 is 27.3 Å². The molecule has 0 saturated heterocycles. The summed E-state index contributed by atoms with van der Waals surface area (Å²) in [5, 5.41) is 5.70. The van der Waals surface area contributed by atoms with Crippen molar-refractivity contribution in [2.45, 2.75) is 51.1 Å². The zero-order valence-electron chi connectivity index (χ0n) is 10.9. The number of alkyl halides is 1. The Hall–Kier alpha value is 0.140. The fourth-order valence-electron chi connectivity index (χ4n) is 3.26. The molecule has 18 heavy (non-hydrogen) atoms. The molecular formula is C15H22BrNS. The van der Waals surface area contributed by atoms with Crippen molar-refractivity contribution in [1.82, 2.24) is 4.90 Å². The molecule has 2 fully saturated rings. The second kappa shape index (κ2) is 5.64. The molecule has 2 saturated carbocycles. The topological polar surface area (TPSA) is 3.24 Å². The minimum Gasteiger partial charge on any atom is -0.296 e. The van der Waals surface area contributed by atoms with E-state index in [1.54, 1.807) is 0 Å². The lowest BCUT2D eigenvalue weighted by molar-refractivity contribution is 0.157. The van der Waals surface area contributed by atoms with Gasteiger partial charge in [0.2, 0.25) is 0 Å². The van der Waals surface area contributed by atoms with Gasteiger partial charge >= 0.3 is 0 Å². The predicted molar refractivity (Wildman–Crippen MR) is 82.4 cm³/mol. The van der Waals surface area contributed by atoms with E-state index in [9.17, 15) is 0 Å². The highest BCUT2D eigenvalue weighted by Gasteiger charge is 2.38. The van der Waals surface area contributed by atoms with Crippen LogP contribution in [0.4, 0.5) is 0 Å². The summed E-state index contributed by atoms with van der Waals surface area (Å²) in [6, 6.07) is 3.16. The van der Waals surface area contributed by atoms with Crippen LogP contribution in [0.2, 0.25) is 0 Å². The molecule has 0 radical (unpaired) electrons. The van der Waals surface area contributed by atoms with Crippen molar-refractivity contribution in [2.75, 3.05) is 11.9 Å². The molecule has 1 aromatic rings. The van der Waals surface area contributed by atoms with E-state index >= 15 is 0 Å². The Balaban J connectivity index is 1.66. The van der Waals surface area contributed by atoms with Gasteiger partial charge in [0.1, 0.15) is 0 Å². The zero-order chi connectivity index (χ0) is 12.4. The molecule has 0 aliphatic heterocycles. The third-order valence-corrected chi connectivity index (χ3v) is 6.44. The van der Waals surface area contributed by atoms with E-state index in [2.05, 4.69) is 37.7 Å². The van der Waals surface area contributed by atoms with Crippen LogP contribution in [-0.2, 0) is 6.54 Å². The van der Waals surface area contributed by atoms with E-state index in [4.69, 9.17) is 0 Å². The van der Waals surface area contributed by atoms with E-state index in [1.807, 2.05) is 11.3 Å². The number of halogens is 1. The van der Waals surface area contributed by atoms with Gasteiger partial charge in [-0.1, -0.05) is 28.8 Å². The van der Waals surface area contributed by atoms with Crippen LogP contribution in [0.5, 0.6) is 0 Å². The molecular weight excluding hydrogens is 306 g/mol. The summed E-state index contributed by atoms with van der Waals surface area (Å²) >= 11 is 5.61. The van der Waals surface area contributed by atoms with Gasteiger partial charge in [-0.15, -0.1) is 0 Å². The van der Waals surface area contributed by atoms with Crippen LogP contribution in [0, 0.1) is 5.41 Å². The smallest absolute Gasteiger partial charge is 0.0245 e. The van der Waals surface area contributed by atoms with E-state index in [-0.39, 0.29) is 0 Å². The van der Waals surface area contributed by atoms with Gasteiger partial charge in [0.25, 0.3) is 0 Å². The van der Waals surface area contributed by atoms with Crippen LogP contribution in [0.25, 0.3) is 0 Å². The average Bonchev–Trinajstić information content (AvgIpc) is 2.92. The van der Waals surface area contributed by atoms with Crippen LogP contribution in [-0.4, -0.2) is 22.8 Å². The molecule has 0 bridgehead atoms. The van der Waals surface area contributed by atoms with Crippen molar-refractivity contribution in [3.05, 3.63) is 22.4 Å². The molecule has 3 heteroatoms. The van der Waals surface area contributed by atoms with Crippen LogP contribution in [0.3, 0.4) is 0 Å². The van der Waals surface area contributed by atoms with Gasteiger partial charge in [0.15, 0.2) is 0 Å². The molecule has 0 amide bonds. The lowest BCUT2D eigenvalue weighted by atomic mass is 9.88. The number of nitrogens with zero attached hydrogens (tertiary/aromatic N) is 1. The highest BCUT2D eigenvalue weighted by molar-refractivity contribution is 9.09. The quantitative estimate of drug-likeness (QED) is 0.686. The molecule has 3 rings (SSSR count). The van der Waals surface area contributed by atoms with Gasteiger partial charge < -0.3 is 0 Å². The first-order valence-corrected chi connectivity index (χ1v) is 9.19. The monoisotopic (exact) mass is 327 g/mol. The van der Waals surface area contributed by atoms with Gasteiger partial charge in [-0.2, -0.15) is 11.3 Å². The maximum Gasteiger partial charge on any atom is 0.0245 e. The van der Waals surface area contributed by atoms with Crippen molar-refractivity contribution in [1.29, 1.82) is 0 Å². The summed E-state index contributed by atoms with van der Waals surface area (Å²) < 4.78 is 0. The molecule has 2 aliphatic carbocycles. The van der Waals surface area contributed by atoms with E-state index in [1.165, 1.54) is 62.5 Å². The highest BCUT2D eigenvalue weighted by atomic mass is 79.9. The van der Waals surface area contributed by atoms with Crippen molar-refractivity contribution >= 4 is 27.3 Å². The largest absolute Gasteiger partial charge is 0.296 e. The molecule has 0 unspecified atom stereocenters. The van der Waals surface area contributed by atoms with Gasteiger partial charge in [0.05, 0.1) is 0 Å². The van der Waals surface area contributed by atoms with Crippen LogP contribution < -0.4 is 0 Å². The maximum absolute atomic E-state index is 3.78. The average molecular weight is 328 g/mol. The Morgan fingerprint density at radius 1 is 1.33 bits per heavy atom. The van der Waals surface area contributed by atoms with Crippen molar-refractivity contribution in [2.24, 2.45) is 5.41 Å². The van der Waals surface area contributed by atoms with E-state index in [0.29, 0.717) is 5.41 Å². The third kappa shape index (κ3) is 3.00. The number of hydrogen-bond donors (Lipinski definition) is 0. The Morgan fingerprint density at radius 2 is 2.11 bits per heavy atom. The zero-order valence-corrected chi connectivity index (χ0v) is 13.3.